The highest BCUT2D eigenvalue weighted by Crippen LogP contribution is 2.19. The van der Waals surface area contributed by atoms with Gasteiger partial charge in [-0.2, -0.15) is 0 Å². The summed E-state index contributed by atoms with van der Waals surface area (Å²) in [5, 5.41) is -1.03. The number of alkyl halides is 2. The van der Waals surface area contributed by atoms with Gasteiger partial charge in [-0.3, -0.25) is 4.79 Å². The van der Waals surface area contributed by atoms with Crippen LogP contribution in [-0.4, -0.2) is 23.3 Å². The number of ether oxygens (including phenoxy) is 1. The van der Waals surface area contributed by atoms with Gasteiger partial charge in [-0.05, 0) is 13.3 Å². The molecular weight excluding hydrogens is 271 g/mol. The predicted molar refractivity (Wildman–Crippen MR) is 78.5 cm³/mol. The van der Waals surface area contributed by atoms with Crippen molar-refractivity contribution in [3.05, 3.63) is 0 Å². The van der Waals surface area contributed by atoms with E-state index in [1.54, 1.807) is 6.92 Å². The second kappa shape index (κ2) is 12.1. The van der Waals surface area contributed by atoms with Gasteiger partial charge < -0.3 is 4.74 Å². The van der Waals surface area contributed by atoms with E-state index in [1.165, 1.54) is 38.5 Å². The number of hydrogen-bond donors (Lipinski definition) is 0. The van der Waals surface area contributed by atoms with E-state index in [9.17, 15) is 4.79 Å². The molecule has 108 valence electrons. The lowest BCUT2D eigenvalue weighted by atomic mass is 10.1. The molecule has 0 aromatic carbocycles. The quantitative estimate of drug-likeness (QED) is 0.308. The summed E-state index contributed by atoms with van der Waals surface area (Å²) in [6.45, 7) is 4.33. The summed E-state index contributed by atoms with van der Waals surface area (Å²) in [4.78, 5) is 11.4. The van der Waals surface area contributed by atoms with Crippen LogP contribution in [0.1, 0.15) is 65.2 Å². The topological polar surface area (TPSA) is 26.3 Å². The number of carbonyl (C=O) groups is 1. The molecule has 0 bridgehead atoms. The molecule has 0 radical (unpaired) electrons. The van der Waals surface area contributed by atoms with Crippen LogP contribution in [-0.2, 0) is 9.53 Å². The zero-order valence-electron chi connectivity index (χ0n) is 11.6. The molecule has 4 heteroatoms. The Morgan fingerprint density at radius 3 is 2.11 bits per heavy atom. The second-order valence-corrected chi connectivity index (χ2v) is 5.61. The van der Waals surface area contributed by atoms with Gasteiger partial charge in [0, 0.05) is 0 Å². The third kappa shape index (κ3) is 9.04. The zero-order valence-corrected chi connectivity index (χ0v) is 13.1. The fourth-order valence-corrected chi connectivity index (χ4v) is 2.26. The summed E-state index contributed by atoms with van der Waals surface area (Å²) < 4.78 is 4.84. The van der Waals surface area contributed by atoms with Gasteiger partial charge >= 0.3 is 5.97 Å². The Kier molecular flexibility index (Phi) is 12.1. The largest absolute Gasteiger partial charge is 0.465 e. The molecule has 0 aliphatic heterocycles. The highest BCUT2D eigenvalue weighted by molar-refractivity contribution is 6.36. The highest BCUT2D eigenvalue weighted by Gasteiger charge is 2.25. The van der Waals surface area contributed by atoms with Crippen molar-refractivity contribution in [2.45, 2.75) is 76.0 Å². The Bertz CT molecular complexity index is 210. The first-order valence-corrected chi connectivity index (χ1v) is 7.95. The number of unbranched alkanes of at least 4 members (excludes halogenated alkanes) is 6. The minimum absolute atomic E-state index is 0.318. The summed E-state index contributed by atoms with van der Waals surface area (Å²) >= 11 is 12.0. The van der Waals surface area contributed by atoms with Gasteiger partial charge in [-0.15, -0.1) is 23.2 Å². The van der Waals surface area contributed by atoms with Gasteiger partial charge in [0.15, 0.2) is 0 Å². The number of carbonyl (C=O) groups excluding carboxylic acids is 1. The van der Waals surface area contributed by atoms with E-state index in [0.29, 0.717) is 6.61 Å². The van der Waals surface area contributed by atoms with Crippen molar-refractivity contribution in [1.29, 1.82) is 0 Å². The van der Waals surface area contributed by atoms with E-state index in [4.69, 9.17) is 27.9 Å². The molecule has 0 amide bonds. The fourth-order valence-electron chi connectivity index (χ4n) is 1.81. The van der Waals surface area contributed by atoms with Gasteiger partial charge in [0.1, 0.15) is 5.38 Å². The molecule has 0 aromatic rings. The summed E-state index contributed by atoms with van der Waals surface area (Å²) in [5.41, 5.74) is 0. The van der Waals surface area contributed by atoms with Crippen LogP contribution in [0.15, 0.2) is 0 Å². The second-order valence-electron chi connectivity index (χ2n) is 4.58. The van der Waals surface area contributed by atoms with Crippen LogP contribution < -0.4 is 0 Å². The van der Waals surface area contributed by atoms with Crippen molar-refractivity contribution in [2.75, 3.05) is 6.61 Å². The highest BCUT2D eigenvalue weighted by atomic mass is 35.5. The lowest BCUT2D eigenvalue weighted by Gasteiger charge is -2.14. The molecule has 2 nitrogen and oxygen atoms in total. The van der Waals surface area contributed by atoms with Crippen molar-refractivity contribution in [1.82, 2.24) is 0 Å². The molecule has 0 aromatic heterocycles. The average molecular weight is 297 g/mol. The third-order valence-electron chi connectivity index (χ3n) is 2.91. The van der Waals surface area contributed by atoms with E-state index in [1.807, 2.05) is 0 Å². The molecule has 18 heavy (non-hydrogen) atoms. The summed E-state index contributed by atoms with van der Waals surface area (Å²) in [5.74, 6) is -0.401. The molecule has 0 aliphatic carbocycles. The Labute approximate surface area is 121 Å². The predicted octanol–water partition coefficient (Wildman–Crippen LogP) is 4.91. The number of rotatable bonds is 11. The van der Waals surface area contributed by atoms with E-state index >= 15 is 0 Å². The molecule has 0 heterocycles. The van der Waals surface area contributed by atoms with Crippen molar-refractivity contribution < 1.29 is 9.53 Å². The Morgan fingerprint density at radius 1 is 1.00 bits per heavy atom. The van der Waals surface area contributed by atoms with E-state index in [2.05, 4.69) is 6.92 Å². The molecule has 2 atom stereocenters. The van der Waals surface area contributed by atoms with Crippen molar-refractivity contribution in [3.8, 4) is 0 Å². The van der Waals surface area contributed by atoms with Crippen LogP contribution in [0, 0.1) is 0 Å². The minimum atomic E-state index is -0.716. The molecule has 2 unspecified atom stereocenters. The van der Waals surface area contributed by atoms with Gasteiger partial charge in [0.25, 0.3) is 0 Å². The fraction of sp³-hybridized carbons (Fsp3) is 0.929. The number of esters is 1. The molecule has 0 aliphatic rings. The lowest BCUT2D eigenvalue weighted by molar-refractivity contribution is -0.142. The van der Waals surface area contributed by atoms with Gasteiger partial charge in [-0.1, -0.05) is 51.9 Å². The summed E-state index contributed by atoms with van der Waals surface area (Å²) in [7, 11) is 0. The number of halogens is 2. The van der Waals surface area contributed by atoms with Crippen LogP contribution in [0.3, 0.4) is 0 Å². The standard InChI is InChI=1S/C14H26Cl2O2/c1-3-5-6-7-8-9-10-11-12(15)13(16)14(17)18-4-2/h12-13H,3-11H2,1-2H3. The lowest BCUT2D eigenvalue weighted by Crippen LogP contribution is -2.27. The van der Waals surface area contributed by atoms with E-state index in [0.717, 1.165) is 12.8 Å². The van der Waals surface area contributed by atoms with Crippen LogP contribution in [0.2, 0.25) is 0 Å². The SMILES string of the molecule is CCCCCCCCCC(Cl)C(Cl)C(=O)OCC. The maximum atomic E-state index is 11.4. The monoisotopic (exact) mass is 296 g/mol. The molecule has 0 saturated carbocycles. The molecule has 0 N–H and O–H groups in total. The van der Waals surface area contributed by atoms with Gasteiger partial charge in [0.2, 0.25) is 0 Å². The smallest absolute Gasteiger partial charge is 0.325 e. The number of hydrogen-bond acceptors (Lipinski definition) is 2. The Morgan fingerprint density at radius 2 is 1.56 bits per heavy atom. The first-order valence-electron chi connectivity index (χ1n) is 7.08. The van der Waals surface area contributed by atoms with Crippen molar-refractivity contribution in [3.63, 3.8) is 0 Å². The Hall–Kier alpha value is 0.0500. The molecule has 0 saturated heterocycles. The van der Waals surface area contributed by atoms with E-state index in [-0.39, 0.29) is 5.38 Å². The normalized spacial score (nSPS) is 14.2. The van der Waals surface area contributed by atoms with Gasteiger partial charge in [0.05, 0.1) is 12.0 Å². The van der Waals surface area contributed by atoms with Gasteiger partial charge in [-0.25, -0.2) is 0 Å². The minimum Gasteiger partial charge on any atom is -0.465 e. The summed E-state index contributed by atoms with van der Waals surface area (Å²) in [6.07, 6.45) is 9.44. The molecular formula is C14H26Cl2O2. The summed E-state index contributed by atoms with van der Waals surface area (Å²) in [6, 6.07) is 0. The van der Waals surface area contributed by atoms with Crippen LogP contribution in [0.5, 0.6) is 0 Å². The maximum absolute atomic E-state index is 11.4. The first kappa shape index (κ1) is 18.0. The van der Waals surface area contributed by atoms with Crippen molar-refractivity contribution >= 4 is 29.2 Å². The maximum Gasteiger partial charge on any atom is 0.325 e. The molecule has 0 spiro atoms. The van der Waals surface area contributed by atoms with Crippen LogP contribution >= 0.6 is 23.2 Å². The van der Waals surface area contributed by atoms with Crippen molar-refractivity contribution in [2.24, 2.45) is 0 Å². The third-order valence-corrected chi connectivity index (χ3v) is 3.99. The Balaban J connectivity index is 3.51. The first-order chi connectivity index (χ1) is 8.63. The zero-order chi connectivity index (χ0) is 13.8. The van der Waals surface area contributed by atoms with E-state index < -0.39 is 11.3 Å². The average Bonchev–Trinajstić information content (AvgIpc) is 2.36. The molecule has 0 fully saturated rings. The molecule has 0 rings (SSSR count). The van der Waals surface area contributed by atoms with Crippen LogP contribution in [0.4, 0.5) is 0 Å². The van der Waals surface area contributed by atoms with Crippen LogP contribution in [0.25, 0.3) is 0 Å².